The van der Waals surface area contributed by atoms with E-state index in [2.05, 4.69) is 26.8 Å². The van der Waals surface area contributed by atoms with Crippen LogP contribution in [0.25, 0.3) is 0 Å². The Morgan fingerprint density at radius 3 is 2.26 bits per heavy atom. The lowest BCUT2D eigenvalue weighted by Crippen LogP contribution is -2.12. The van der Waals surface area contributed by atoms with Crippen LogP contribution in [-0.4, -0.2) is 0 Å². The molecule has 2 rings (SSSR count). The summed E-state index contributed by atoms with van der Waals surface area (Å²) >= 11 is 0. The molecule has 2 N–H and O–H groups in total. The molecule has 2 aromatic rings. The van der Waals surface area contributed by atoms with Crippen LogP contribution in [0.3, 0.4) is 0 Å². The van der Waals surface area contributed by atoms with E-state index in [4.69, 9.17) is 10.5 Å². The Kier molecular flexibility index (Phi) is 3.52. The van der Waals surface area contributed by atoms with Crippen molar-refractivity contribution in [1.29, 1.82) is 0 Å². The molecule has 0 bridgehead atoms. The van der Waals surface area contributed by atoms with Gasteiger partial charge < -0.3 is 10.5 Å². The Bertz CT molecular complexity index is 562. The SMILES string of the molecule is Cc1cccc(N)c1Oc1ccccc1C(C)(C)C. The molecule has 2 heteroatoms. The zero-order valence-electron chi connectivity index (χ0n) is 12.0. The minimum Gasteiger partial charge on any atom is -0.455 e. The van der Waals surface area contributed by atoms with Crippen LogP contribution in [0, 0.1) is 6.92 Å². The van der Waals surface area contributed by atoms with E-state index in [1.807, 2.05) is 43.3 Å². The lowest BCUT2D eigenvalue weighted by molar-refractivity contribution is 0.454. The van der Waals surface area contributed by atoms with Crippen LogP contribution in [0.1, 0.15) is 31.9 Å². The fraction of sp³-hybridized carbons (Fsp3) is 0.294. The smallest absolute Gasteiger partial charge is 0.153 e. The van der Waals surface area contributed by atoms with Gasteiger partial charge >= 0.3 is 0 Å². The van der Waals surface area contributed by atoms with Gasteiger partial charge in [-0.1, -0.05) is 51.1 Å². The van der Waals surface area contributed by atoms with Gasteiger partial charge in [-0.15, -0.1) is 0 Å². The second-order valence-electron chi connectivity index (χ2n) is 5.84. The molecule has 0 atom stereocenters. The molecule has 0 saturated carbocycles. The number of ether oxygens (including phenoxy) is 1. The molecule has 0 amide bonds. The van der Waals surface area contributed by atoms with Gasteiger partial charge in [-0.2, -0.15) is 0 Å². The lowest BCUT2D eigenvalue weighted by atomic mass is 9.86. The van der Waals surface area contributed by atoms with Gasteiger partial charge in [-0.05, 0) is 30.0 Å². The maximum atomic E-state index is 6.07. The topological polar surface area (TPSA) is 35.2 Å². The van der Waals surface area contributed by atoms with Gasteiger partial charge in [0.25, 0.3) is 0 Å². The number of para-hydroxylation sites is 2. The minimum absolute atomic E-state index is 0.0358. The molecule has 0 aliphatic heterocycles. The van der Waals surface area contributed by atoms with Crippen LogP contribution in [0.2, 0.25) is 0 Å². The van der Waals surface area contributed by atoms with E-state index < -0.39 is 0 Å². The van der Waals surface area contributed by atoms with Crippen LogP contribution >= 0.6 is 0 Å². The van der Waals surface area contributed by atoms with Gasteiger partial charge in [0.05, 0.1) is 5.69 Å². The third-order valence-electron chi connectivity index (χ3n) is 3.15. The summed E-state index contributed by atoms with van der Waals surface area (Å²) in [5, 5.41) is 0. The summed E-state index contributed by atoms with van der Waals surface area (Å²) in [5.41, 5.74) is 8.93. The van der Waals surface area contributed by atoms with Crippen molar-refractivity contribution < 1.29 is 4.74 Å². The van der Waals surface area contributed by atoms with Crippen LogP contribution in [-0.2, 0) is 5.41 Å². The first kappa shape index (κ1) is 13.5. The standard InChI is InChI=1S/C17H21NO/c1-12-8-7-10-14(18)16(12)19-15-11-6-5-9-13(15)17(2,3)4/h5-11H,18H2,1-4H3. The predicted molar refractivity (Wildman–Crippen MR) is 80.8 cm³/mol. The monoisotopic (exact) mass is 255 g/mol. The number of aryl methyl sites for hydroxylation is 1. The molecule has 2 aromatic carbocycles. The van der Waals surface area contributed by atoms with E-state index in [0.29, 0.717) is 5.69 Å². The summed E-state index contributed by atoms with van der Waals surface area (Å²) in [4.78, 5) is 0. The molecule has 0 saturated heterocycles. The van der Waals surface area contributed by atoms with Crippen molar-refractivity contribution >= 4 is 5.69 Å². The lowest BCUT2D eigenvalue weighted by Gasteiger charge is -2.23. The van der Waals surface area contributed by atoms with E-state index in [-0.39, 0.29) is 5.41 Å². The van der Waals surface area contributed by atoms with Crippen molar-refractivity contribution in [3.05, 3.63) is 53.6 Å². The zero-order valence-corrected chi connectivity index (χ0v) is 12.0. The summed E-state index contributed by atoms with van der Waals surface area (Å²) in [7, 11) is 0. The van der Waals surface area contributed by atoms with E-state index in [9.17, 15) is 0 Å². The molecule has 19 heavy (non-hydrogen) atoms. The van der Waals surface area contributed by atoms with Crippen LogP contribution < -0.4 is 10.5 Å². The number of hydrogen-bond donors (Lipinski definition) is 1. The maximum absolute atomic E-state index is 6.07. The van der Waals surface area contributed by atoms with Crippen molar-refractivity contribution in [2.75, 3.05) is 5.73 Å². The number of hydrogen-bond acceptors (Lipinski definition) is 2. The molecule has 0 aliphatic rings. The summed E-state index contributed by atoms with van der Waals surface area (Å²) in [6.07, 6.45) is 0. The van der Waals surface area contributed by atoms with Crippen LogP contribution in [0.15, 0.2) is 42.5 Å². The Balaban J connectivity index is 2.45. The predicted octanol–water partition coefficient (Wildman–Crippen LogP) is 4.67. The Morgan fingerprint density at radius 2 is 1.63 bits per heavy atom. The second-order valence-corrected chi connectivity index (χ2v) is 5.84. The van der Waals surface area contributed by atoms with Crippen molar-refractivity contribution in [2.45, 2.75) is 33.1 Å². The van der Waals surface area contributed by atoms with Crippen molar-refractivity contribution in [3.63, 3.8) is 0 Å². The normalized spacial score (nSPS) is 11.4. The average molecular weight is 255 g/mol. The fourth-order valence-electron chi connectivity index (χ4n) is 2.10. The highest BCUT2D eigenvalue weighted by Crippen LogP contribution is 2.37. The van der Waals surface area contributed by atoms with Gasteiger partial charge in [0.2, 0.25) is 0 Å². The third kappa shape index (κ3) is 2.90. The average Bonchev–Trinajstić information content (AvgIpc) is 2.33. The van der Waals surface area contributed by atoms with Crippen LogP contribution in [0.4, 0.5) is 5.69 Å². The van der Waals surface area contributed by atoms with Gasteiger partial charge in [-0.3, -0.25) is 0 Å². The molecule has 0 unspecified atom stereocenters. The first-order valence-corrected chi connectivity index (χ1v) is 6.52. The number of rotatable bonds is 2. The van der Waals surface area contributed by atoms with Crippen molar-refractivity contribution in [1.82, 2.24) is 0 Å². The molecule has 0 spiro atoms. The highest BCUT2D eigenvalue weighted by Gasteiger charge is 2.19. The zero-order chi connectivity index (χ0) is 14.0. The first-order chi connectivity index (χ1) is 8.89. The quantitative estimate of drug-likeness (QED) is 0.792. The van der Waals surface area contributed by atoms with E-state index in [0.717, 1.165) is 17.1 Å². The largest absolute Gasteiger partial charge is 0.455 e. The third-order valence-corrected chi connectivity index (χ3v) is 3.15. The maximum Gasteiger partial charge on any atom is 0.153 e. The van der Waals surface area contributed by atoms with Crippen LogP contribution in [0.5, 0.6) is 11.5 Å². The number of benzene rings is 2. The number of nitrogens with two attached hydrogens (primary N) is 1. The number of nitrogen functional groups attached to an aromatic ring is 1. The summed E-state index contributed by atoms with van der Waals surface area (Å²) in [6.45, 7) is 8.54. The van der Waals surface area contributed by atoms with Crippen molar-refractivity contribution in [3.8, 4) is 11.5 Å². The van der Waals surface area contributed by atoms with Gasteiger partial charge in [0, 0.05) is 5.56 Å². The molecule has 0 heterocycles. The highest BCUT2D eigenvalue weighted by molar-refractivity contribution is 5.58. The fourth-order valence-corrected chi connectivity index (χ4v) is 2.10. The Morgan fingerprint density at radius 1 is 0.947 bits per heavy atom. The molecule has 0 aliphatic carbocycles. The van der Waals surface area contributed by atoms with E-state index >= 15 is 0 Å². The highest BCUT2D eigenvalue weighted by atomic mass is 16.5. The minimum atomic E-state index is 0.0358. The number of anilines is 1. The van der Waals surface area contributed by atoms with Crippen molar-refractivity contribution in [2.24, 2.45) is 0 Å². The molecule has 0 radical (unpaired) electrons. The molecule has 2 nitrogen and oxygen atoms in total. The summed E-state index contributed by atoms with van der Waals surface area (Å²) in [5.74, 6) is 1.62. The molecule has 100 valence electrons. The van der Waals surface area contributed by atoms with Gasteiger partial charge in [0.1, 0.15) is 5.75 Å². The molecular weight excluding hydrogens is 234 g/mol. The Labute approximate surface area is 115 Å². The van der Waals surface area contributed by atoms with Gasteiger partial charge in [0.15, 0.2) is 5.75 Å². The van der Waals surface area contributed by atoms with E-state index in [1.54, 1.807) is 0 Å². The second kappa shape index (κ2) is 4.96. The van der Waals surface area contributed by atoms with Gasteiger partial charge in [-0.25, -0.2) is 0 Å². The van der Waals surface area contributed by atoms with E-state index in [1.165, 1.54) is 5.56 Å². The molecule has 0 fully saturated rings. The summed E-state index contributed by atoms with van der Waals surface area (Å²) in [6, 6.07) is 13.9. The molecular formula is C17H21NO. The Hall–Kier alpha value is -1.96. The molecule has 0 aromatic heterocycles. The summed E-state index contributed by atoms with van der Waals surface area (Å²) < 4.78 is 6.07. The first-order valence-electron chi connectivity index (χ1n) is 6.52.